The monoisotopic (exact) mass is 247 g/mol. The number of aromatic nitrogens is 1. The zero-order valence-corrected chi connectivity index (χ0v) is 9.44. The van der Waals surface area contributed by atoms with Gasteiger partial charge in [0.25, 0.3) is 0 Å². The Morgan fingerprint density at radius 1 is 1.67 bits per heavy atom. The van der Waals surface area contributed by atoms with Crippen molar-refractivity contribution in [1.29, 1.82) is 0 Å². The second-order valence-electron chi connectivity index (χ2n) is 2.48. The highest BCUT2D eigenvalue weighted by Crippen LogP contribution is 2.25. The second kappa shape index (κ2) is 5.69. The molecule has 0 fully saturated rings. The molecule has 0 aliphatic rings. The first-order valence-electron chi connectivity index (χ1n) is 3.93. The molecule has 0 aromatic carbocycles. The Labute approximate surface area is 94.2 Å². The highest BCUT2D eigenvalue weighted by molar-refractivity contribution is 7.99. The van der Waals surface area contributed by atoms with Crippen LogP contribution in [0, 0.1) is 0 Å². The number of rotatable bonds is 5. The normalized spacial score (nSPS) is 9.93. The molecule has 0 aliphatic carbocycles. The van der Waals surface area contributed by atoms with Gasteiger partial charge in [0, 0.05) is 6.92 Å². The van der Waals surface area contributed by atoms with Crippen molar-refractivity contribution >= 4 is 40.3 Å². The van der Waals surface area contributed by atoms with Gasteiger partial charge >= 0.3 is 5.97 Å². The standard InChI is InChI=1S/C7H9N3O3S2/c1-4(11)10-7-8-3-6(14-7)15-9-2-5(12)13/h3,9H,2H2,1H3,(H,12,13)(H,8,10,11). The number of thiazole rings is 1. The number of hydrogen-bond donors (Lipinski definition) is 3. The maximum absolute atomic E-state index is 10.7. The second-order valence-corrected chi connectivity index (χ2v) is 4.70. The molecule has 1 heterocycles. The van der Waals surface area contributed by atoms with Crippen molar-refractivity contribution in [3.05, 3.63) is 6.20 Å². The number of carboxylic acids is 1. The number of nitrogens with one attached hydrogen (secondary N) is 2. The fraction of sp³-hybridized carbons (Fsp3) is 0.286. The Morgan fingerprint density at radius 3 is 3.00 bits per heavy atom. The smallest absolute Gasteiger partial charge is 0.318 e. The van der Waals surface area contributed by atoms with Crippen LogP contribution >= 0.6 is 23.3 Å². The van der Waals surface area contributed by atoms with Crippen molar-refractivity contribution in [3.63, 3.8) is 0 Å². The van der Waals surface area contributed by atoms with Crippen molar-refractivity contribution in [1.82, 2.24) is 9.71 Å². The summed E-state index contributed by atoms with van der Waals surface area (Å²) in [6.45, 7) is 1.27. The molecule has 3 N–H and O–H groups in total. The highest BCUT2D eigenvalue weighted by Gasteiger charge is 2.04. The minimum atomic E-state index is -0.922. The lowest BCUT2D eigenvalue weighted by Crippen LogP contribution is -2.14. The number of carbonyl (C=O) groups is 2. The molecule has 8 heteroatoms. The Balaban J connectivity index is 2.39. The molecule has 1 aromatic rings. The number of carboxylic acid groups (broad SMARTS) is 1. The Kier molecular flexibility index (Phi) is 4.53. The lowest BCUT2D eigenvalue weighted by molar-refractivity contribution is -0.135. The topological polar surface area (TPSA) is 91.3 Å². The first-order valence-corrected chi connectivity index (χ1v) is 5.56. The van der Waals surface area contributed by atoms with E-state index in [1.807, 2.05) is 0 Å². The molecule has 82 valence electrons. The van der Waals surface area contributed by atoms with Gasteiger partial charge < -0.3 is 10.4 Å². The predicted molar refractivity (Wildman–Crippen MR) is 57.9 cm³/mol. The first-order chi connectivity index (χ1) is 7.08. The molecule has 1 aromatic heterocycles. The third-order valence-electron chi connectivity index (χ3n) is 1.16. The number of nitrogens with zero attached hydrogens (tertiary/aromatic N) is 1. The van der Waals surface area contributed by atoms with Gasteiger partial charge in [0.1, 0.15) is 6.54 Å². The van der Waals surface area contributed by atoms with Gasteiger partial charge in [0.2, 0.25) is 5.91 Å². The molecule has 0 saturated carbocycles. The summed E-state index contributed by atoms with van der Waals surface area (Å²) in [5, 5.41) is 11.4. The van der Waals surface area contributed by atoms with Gasteiger partial charge in [0.05, 0.1) is 10.4 Å². The molecular weight excluding hydrogens is 238 g/mol. The van der Waals surface area contributed by atoms with Crippen LogP contribution in [0.1, 0.15) is 6.92 Å². The quantitative estimate of drug-likeness (QED) is 0.666. The molecular formula is C7H9N3O3S2. The molecule has 1 rings (SSSR count). The van der Waals surface area contributed by atoms with E-state index in [0.29, 0.717) is 5.13 Å². The summed E-state index contributed by atoms with van der Waals surface area (Å²) in [5.41, 5.74) is 0. The van der Waals surface area contributed by atoms with E-state index in [0.717, 1.165) is 4.21 Å². The summed E-state index contributed by atoms with van der Waals surface area (Å²) < 4.78 is 3.43. The van der Waals surface area contributed by atoms with E-state index in [4.69, 9.17) is 5.11 Å². The molecule has 0 atom stereocenters. The summed E-state index contributed by atoms with van der Waals surface area (Å²) in [4.78, 5) is 24.8. The van der Waals surface area contributed by atoms with Crippen LogP contribution in [-0.2, 0) is 9.59 Å². The van der Waals surface area contributed by atoms with Crippen molar-refractivity contribution in [2.45, 2.75) is 11.1 Å². The van der Waals surface area contributed by atoms with Crippen LogP contribution in [0.2, 0.25) is 0 Å². The van der Waals surface area contributed by atoms with Crippen molar-refractivity contribution in [2.75, 3.05) is 11.9 Å². The van der Waals surface area contributed by atoms with Gasteiger partial charge in [-0.3, -0.25) is 9.59 Å². The van der Waals surface area contributed by atoms with E-state index < -0.39 is 5.97 Å². The molecule has 6 nitrogen and oxygen atoms in total. The van der Waals surface area contributed by atoms with Crippen LogP contribution in [0.15, 0.2) is 10.4 Å². The number of carbonyl (C=O) groups excluding carboxylic acids is 1. The lowest BCUT2D eigenvalue weighted by atomic mass is 10.7. The summed E-state index contributed by atoms with van der Waals surface area (Å²) >= 11 is 2.45. The van der Waals surface area contributed by atoms with Crippen LogP contribution in [0.5, 0.6) is 0 Å². The third kappa shape index (κ3) is 4.77. The van der Waals surface area contributed by atoms with E-state index in [2.05, 4.69) is 15.0 Å². The molecule has 0 saturated heterocycles. The SMILES string of the molecule is CC(=O)Nc1ncc(SNCC(=O)O)s1. The van der Waals surface area contributed by atoms with Gasteiger partial charge in [-0.25, -0.2) is 9.71 Å². The van der Waals surface area contributed by atoms with Gasteiger partial charge in [0.15, 0.2) is 5.13 Å². The molecule has 0 unspecified atom stereocenters. The molecule has 15 heavy (non-hydrogen) atoms. The third-order valence-corrected chi connectivity index (χ3v) is 2.97. The van der Waals surface area contributed by atoms with E-state index in [1.54, 1.807) is 6.20 Å². The molecule has 0 spiro atoms. The maximum Gasteiger partial charge on any atom is 0.318 e. The summed E-state index contributed by atoms with van der Waals surface area (Å²) in [7, 11) is 0. The lowest BCUT2D eigenvalue weighted by Gasteiger charge is -1.95. The van der Waals surface area contributed by atoms with Crippen LogP contribution in [0.3, 0.4) is 0 Å². The highest BCUT2D eigenvalue weighted by atomic mass is 32.2. The van der Waals surface area contributed by atoms with Crippen molar-refractivity contribution < 1.29 is 14.7 Å². The van der Waals surface area contributed by atoms with Crippen LogP contribution in [0.4, 0.5) is 5.13 Å². The molecule has 0 aliphatic heterocycles. The number of anilines is 1. The molecule has 0 radical (unpaired) electrons. The Hall–Kier alpha value is -1.12. The van der Waals surface area contributed by atoms with E-state index in [1.165, 1.54) is 30.2 Å². The average Bonchev–Trinajstić information content (AvgIpc) is 2.50. The summed E-state index contributed by atoms with van der Waals surface area (Å²) in [6.07, 6.45) is 1.56. The van der Waals surface area contributed by atoms with E-state index >= 15 is 0 Å². The maximum atomic E-state index is 10.7. The minimum Gasteiger partial charge on any atom is -0.480 e. The van der Waals surface area contributed by atoms with Crippen molar-refractivity contribution in [3.8, 4) is 0 Å². The van der Waals surface area contributed by atoms with Crippen LogP contribution in [-0.4, -0.2) is 28.5 Å². The summed E-state index contributed by atoms with van der Waals surface area (Å²) in [6, 6.07) is 0. The van der Waals surface area contributed by atoms with Gasteiger partial charge in [-0.05, 0) is 11.9 Å². The fourth-order valence-electron chi connectivity index (χ4n) is 0.684. The van der Waals surface area contributed by atoms with Gasteiger partial charge in [-0.15, -0.1) is 0 Å². The zero-order valence-electron chi connectivity index (χ0n) is 7.81. The first kappa shape index (κ1) is 12.0. The summed E-state index contributed by atoms with van der Waals surface area (Å²) in [5.74, 6) is -1.10. The largest absolute Gasteiger partial charge is 0.480 e. The van der Waals surface area contributed by atoms with E-state index in [-0.39, 0.29) is 12.5 Å². The number of amides is 1. The van der Waals surface area contributed by atoms with Gasteiger partial charge in [-0.1, -0.05) is 11.3 Å². The number of hydrogen-bond acceptors (Lipinski definition) is 6. The Morgan fingerprint density at radius 2 is 2.40 bits per heavy atom. The fourth-order valence-corrected chi connectivity index (χ4v) is 2.30. The average molecular weight is 247 g/mol. The minimum absolute atomic E-state index is 0.127. The van der Waals surface area contributed by atoms with Gasteiger partial charge in [-0.2, -0.15) is 0 Å². The Bertz CT molecular complexity index is 366. The van der Waals surface area contributed by atoms with Crippen LogP contribution < -0.4 is 10.0 Å². The van der Waals surface area contributed by atoms with E-state index in [9.17, 15) is 9.59 Å². The van der Waals surface area contributed by atoms with Crippen molar-refractivity contribution in [2.24, 2.45) is 0 Å². The number of aliphatic carboxylic acids is 1. The zero-order chi connectivity index (χ0) is 11.3. The molecule has 0 bridgehead atoms. The predicted octanol–water partition coefficient (Wildman–Crippen LogP) is 0.783. The van der Waals surface area contributed by atoms with Crippen LogP contribution in [0.25, 0.3) is 0 Å². The molecule has 1 amide bonds.